The average molecular weight is 406 g/mol. The number of rotatable bonds is 5. The number of benzene rings is 3. The fraction of sp³-hybridized carbons (Fsp3) is 0.130. The molecule has 3 aromatic carbocycles. The number of hydrogen-bond donors (Lipinski definition) is 2. The molecule has 0 saturated heterocycles. The second-order valence-corrected chi connectivity index (χ2v) is 7.17. The molecule has 0 aromatic heterocycles. The van der Waals surface area contributed by atoms with E-state index in [9.17, 15) is 4.79 Å². The second kappa shape index (κ2) is 8.37. The van der Waals surface area contributed by atoms with E-state index in [1.54, 1.807) is 18.2 Å². The van der Waals surface area contributed by atoms with Gasteiger partial charge in [-0.3, -0.25) is 4.79 Å². The molecule has 1 aliphatic heterocycles. The minimum atomic E-state index is -0.277. The summed E-state index contributed by atoms with van der Waals surface area (Å²) in [5.74, 6) is 0.197. The summed E-state index contributed by atoms with van der Waals surface area (Å²) >= 11 is 6.02. The fourth-order valence-corrected chi connectivity index (χ4v) is 3.47. The number of carbonyl (C=O) groups is 1. The van der Waals surface area contributed by atoms with Crippen molar-refractivity contribution in [2.45, 2.75) is 12.5 Å². The van der Waals surface area contributed by atoms with Gasteiger partial charge in [-0.15, -0.1) is 0 Å². The van der Waals surface area contributed by atoms with E-state index in [1.807, 2.05) is 42.5 Å². The third-order valence-electron chi connectivity index (χ3n) is 4.84. The lowest BCUT2D eigenvalue weighted by Crippen LogP contribution is -2.13. The third-order valence-corrected chi connectivity index (χ3v) is 5.07. The topological polar surface area (TPSA) is 62.7 Å². The SMILES string of the molecule is COc1ccc(Cl)cc1C(=O)Nc1ccc(C2=NNC(c3ccccc3)C2)cc1. The summed E-state index contributed by atoms with van der Waals surface area (Å²) in [4.78, 5) is 12.6. The highest BCUT2D eigenvalue weighted by Crippen LogP contribution is 2.26. The highest BCUT2D eigenvalue weighted by molar-refractivity contribution is 6.31. The van der Waals surface area contributed by atoms with Crippen LogP contribution in [0.2, 0.25) is 5.02 Å². The zero-order chi connectivity index (χ0) is 20.2. The maximum absolute atomic E-state index is 12.6. The molecule has 0 radical (unpaired) electrons. The smallest absolute Gasteiger partial charge is 0.259 e. The minimum absolute atomic E-state index is 0.181. The Morgan fingerprint density at radius 3 is 2.59 bits per heavy atom. The molecule has 6 heteroatoms. The number of methoxy groups -OCH3 is 1. The van der Waals surface area contributed by atoms with Crippen LogP contribution in [0, 0.1) is 0 Å². The Balaban J connectivity index is 1.44. The number of nitrogens with one attached hydrogen (secondary N) is 2. The van der Waals surface area contributed by atoms with Gasteiger partial charge < -0.3 is 15.5 Å². The molecule has 4 rings (SSSR count). The zero-order valence-corrected chi connectivity index (χ0v) is 16.6. The van der Waals surface area contributed by atoms with Crippen LogP contribution in [0.5, 0.6) is 5.75 Å². The molecule has 146 valence electrons. The second-order valence-electron chi connectivity index (χ2n) is 6.73. The molecule has 2 N–H and O–H groups in total. The van der Waals surface area contributed by atoms with Crippen LogP contribution < -0.4 is 15.5 Å². The van der Waals surface area contributed by atoms with E-state index in [4.69, 9.17) is 16.3 Å². The van der Waals surface area contributed by atoms with Crippen LogP contribution in [0.15, 0.2) is 77.9 Å². The van der Waals surface area contributed by atoms with Crippen molar-refractivity contribution in [3.05, 3.63) is 94.5 Å². The van der Waals surface area contributed by atoms with Gasteiger partial charge in [0.2, 0.25) is 0 Å². The number of anilines is 1. The van der Waals surface area contributed by atoms with Crippen molar-refractivity contribution in [1.29, 1.82) is 0 Å². The minimum Gasteiger partial charge on any atom is -0.496 e. The summed E-state index contributed by atoms with van der Waals surface area (Å²) < 4.78 is 5.25. The molecule has 0 bridgehead atoms. The van der Waals surface area contributed by atoms with Gasteiger partial charge in [-0.1, -0.05) is 54.1 Å². The van der Waals surface area contributed by atoms with E-state index in [-0.39, 0.29) is 11.9 Å². The predicted octanol–water partition coefficient (Wildman–Crippen LogP) is 5.04. The monoisotopic (exact) mass is 405 g/mol. The van der Waals surface area contributed by atoms with Gasteiger partial charge in [0.15, 0.2) is 0 Å². The number of hydrogen-bond acceptors (Lipinski definition) is 4. The molecule has 3 aromatic rings. The molecule has 0 saturated carbocycles. The maximum atomic E-state index is 12.6. The van der Waals surface area contributed by atoms with Crippen molar-refractivity contribution in [1.82, 2.24) is 5.43 Å². The third kappa shape index (κ3) is 4.25. The lowest BCUT2D eigenvalue weighted by atomic mass is 9.99. The molecule has 1 heterocycles. The van der Waals surface area contributed by atoms with Crippen LogP contribution in [-0.4, -0.2) is 18.7 Å². The Labute approximate surface area is 174 Å². The molecular weight excluding hydrogens is 386 g/mol. The number of carbonyl (C=O) groups excluding carboxylic acids is 1. The summed E-state index contributed by atoms with van der Waals surface area (Å²) in [5.41, 5.74) is 7.50. The largest absolute Gasteiger partial charge is 0.496 e. The number of ether oxygens (including phenoxy) is 1. The number of halogens is 1. The van der Waals surface area contributed by atoms with E-state index in [0.29, 0.717) is 22.0 Å². The van der Waals surface area contributed by atoms with E-state index < -0.39 is 0 Å². The highest BCUT2D eigenvalue weighted by Gasteiger charge is 2.21. The lowest BCUT2D eigenvalue weighted by Gasteiger charge is -2.11. The molecule has 1 atom stereocenters. The molecule has 29 heavy (non-hydrogen) atoms. The highest BCUT2D eigenvalue weighted by atomic mass is 35.5. The van der Waals surface area contributed by atoms with Crippen LogP contribution in [0.1, 0.15) is 33.9 Å². The van der Waals surface area contributed by atoms with Crippen LogP contribution in [-0.2, 0) is 0 Å². The van der Waals surface area contributed by atoms with Gasteiger partial charge >= 0.3 is 0 Å². The average Bonchev–Trinajstić information content (AvgIpc) is 3.25. The quantitative estimate of drug-likeness (QED) is 0.625. The van der Waals surface area contributed by atoms with Gasteiger partial charge in [0.1, 0.15) is 5.75 Å². The van der Waals surface area contributed by atoms with Gasteiger partial charge in [-0.2, -0.15) is 5.10 Å². The van der Waals surface area contributed by atoms with Crippen LogP contribution in [0.3, 0.4) is 0 Å². The zero-order valence-electron chi connectivity index (χ0n) is 15.9. The van der Waals surface area contributed by atoms with E-state index in [2.05, 4.69) is 28.0 Å². The molecule has 5 nitrogen and oxygen atoms in total. The van der Waals surface area contributed by atoms with Crippen molar-refractivity contribution in [2.24, 2.45) is 5.10 Å². The normalized spacial score (nSPS) is 15.4. The fourth-order valence-electron chi connectivity index (χ4n) is 3.30. The number of nitrogens with zero attached hydrogens (tertiary/aromatic N) is 1. The van der Waals surface area contributed by atoms with E-state index >= 15 is 0 Å². The Bertz CT molecular complexity index is 1050. The predicted molar refractivity (Wildman–Crippen MR) is 116 cm³/mol. The standard InChI is InChI=1S/C23H20ClN3O2/c1-29-22-12-9-17(24)13-19(22)23(28)25-18-10-7-16(8-11-18)21-14-20(26-27-21)15-5-3-2-4-6-15/h2-13,20,26H,14H2,1H3,(H,25,28). The molecular formula is C23H20ClN3O2. The first-order valence-corrected chi connectivity index (χ1v) is 9.64. The van der Waals surface area contributed by atoms with Gasteiger partial charge in [0.05, 0.1) is 24.4 Å². The molecule has 0 fully saturated rings. The summed E-state index contributed by atoms with van der Waals surface area (Å²) in [7, 11) is 1.52. The first kappa shape index (κ1) is 19.0. The first-order valence-electron chi connectivity index (χ1n) is 9.26. The first-order chi connectivity index (χ1) is 14.1. The maximum Gasteiger partial charge on any atom is 0.259 e. The van der Waals surface area contributed by atoms with Gasteiger partial charge in [0.25, 0.3) is 5.91 Å². The van der Waals surface area contributed by atoms with Gasteiger partial charge in [-0.05, 0) is 41.5 Å². The summed E-state index contributed by atoms with van der Waals surface area (Å²) in [6.07, 6.45) is 0.815. The van der Waals surface area contributed by atoms with Crippen LogP contribution >= 0.6 is 11.6 Å². The van der Waals surface area contributed by atoms with Crippen molar-refractivity contribution in [2.75, 3.05) is 12.4 Å². The van der Waals surface area contributed by atoms with Crippen molar-refractivity contribution in [3.63, 3.8) is 0 Å². The summed E-state index contributed by atoms with van der Waals surface area (Å²) in [6, 6.07) is 23.0. The lowest BCUT2D eigenvalue weighted by molar-refractivity contribution is 0.102. The number of hydrazone groups is 1. The Morgan fingerprint density at radius 1 is 1.10 bits per heavy atom. The molecule has 1 amide bonds. The summed E-state index contributed by atoms with van der Waals surface area (Å²) in [6.45, 7) is 0. The van der Waals surface area contributed by atoms with Gasteiger partial charge in [-0.25, -0.2) is 0 Å². The van der Waals surface area contributed by atoms with E-state index in [0.717, 1.165) is 17.7 Å². The van der Waals surface area contributed by atoms with Crippen LogP contribution in [0.25, 0.3) is 0 Å². The van der Waals surface area contributed by atoms with Crippen molar-refractivity contribution >= 4 is 28.9 Å². The Morgan fingerprint density at radius 2 is 1.86 bits per heavy atom. The molecule has 0 aliphatic carbocycles. The molecule has 1 aliphatic rings. The van der Waals surface area contributed by atoms with Crippen LogP contribution in [0.4, 0.5) is 5.69 Å². The molecule has 0 spiro atoms. The Hall–Kier alpha value is -3.31. The molecule has 1 unspecified atom stereocenters. The Kier molecular flexibility index (Phi) is 5.49. The van der Waals surface area contributed by atoms with E-state index in [1.165, 1.54) is 12.7 Å². The van der Waals surface area contributed by atoms with Gasteiger partial charge in [0, 0.05) is 17.1 Å². The van der Waals surface area contributed by atoms with Crippen molar-refractivity contribution in [3.8, 4) is 5.75 Å². The number of amides is 1. The van der Waals surface area contributed by atoms with Crippen molar-refractivity contribution < 1.29 is 9.53 Å². The summed E-state index contributed by atoms with van der Waals surface area (Å²) in [5, 5.41) is 7.84.